The first kappa shape index (κ1) is 23.0. The molecule has 5 aromatic rings. The Morgan fingerprint density at radius 3 is 2.43 bits per heavy atom. The van der Waals surface area contributed by atoms with Gasteiger partial charge in [0.15, 0.2) is 22.1 Å². The van der Waals surface area contributed by atoms with E-state index in [0.717, 1.165) is 11.3 Å². The van der Waals surface area contributed by atoms with Crippen LogP contribution < -0.4 is 24.5 Å². The summed E-state index contributed by atoms with van der Waals surface area (Å²) in [5, 5.41) is 0.619. The summed E-state index contributed by atoms with van der Waals surface area (Å²) in [6.07, 6.45) is 0. The van der Waals surface area contributed by atoms with Gasteiger partial charge in [-0.05, 0) is 36.4 Å². The molecule has 0 bridgehead atoms. The molecular formula is C27H19FN2O6S. The summed E-state index contributed by atoms with van der Waals surface area (Å²) in [6, 6.07) is 13.3. The minimum Gasteiger partial charge on any atom is -0.496 e. The quantitative estimate of drug-likeness (QED) is 0.311. The normalized spacial score (nSPS) is 14.9. The molecule has 0 spiro atoms. The highest BCUT2D eigenvalue weighted by molar-refractivity contribution is 7.22. The van der Waals surface area contributed by atoms with Crippen molar-refractivity contribution in [2.45, 2.75) is 6.04 Å². The summed E-state index contributed by atoms with van der Waals surface area (Å²) in [6.45, 7) is 0. The van der Waals surface area contributed by atoms with Crippen molar-refractivity contribution in [1.82, 2.24) is 4.98 Å². The topological polar surface area (TPSA) is 91.1 Å². The van der Waals surface area contributed by atoms with Crippen molar-refractivity contribution in [2.75, 3.05) is 26.2 Å². The molecule has 1 atom stereocenters. The van der Waals surface area contributed by atoms with Gasteiger partial charge in [-0.25, -0.2) is 9.37 Å². The van der Waals surface area contributed by atoms with E-state index in [1.807, 2.05) is 0 Å². The number of aromatic nitrogens is 1. The Labute approximate surface area is 213 Å². The van der Waals surface area contributed by atoms with E-state index in [9.17, 15) is 14.0 Å². The second kappa shape index (κ2) is 8.59. The average molecular weight is 519 g/mol. The van der Waals surface area contributed by atoms with Crippen molar-refractivity contribution >= 4 is 43.6 Å². The Bertz CT molecular complexity index is 1780. The van der Waals surface area contributed by atoms with Crippen molar-refractivity contribution in [3.05, 3.63) is 87.5 Å². The van der Waals surface area contributed by atoms with Crippen LogP contribution in [0.5, 0.6) is 17.2 Å². The first-order chi connectivity index (χ1) is 17.9. The second-order valence-electron chi connectivity index (χ2n) is 8.31. The average Bonchev–Trinajstić information content (AvgIpc) is 3.45. The number of ether oxygens (including phenoxy) is 3. The molecule has 10 heteroatoms. The number of fused-ring (bicyclic) bond motifs is 3. The van der Waals surface area contributed by atoms with E-state index in [1.54, 1.807) is 42.5 Å². The first-order valence-corrected chi connectivity index (χ1v) is 12.0. The number of carbonyl (C=O) groups excluding carboxylic acids is 1. The minimum absolute atomic E-state index is 0.0871. The molecule has 0 saturated heterocycles. The van der Waals surface area contributed by atoms with Crippen molar-refractivity contribution in [3.8, 4) is 17.2 Å². The van der Waals surface area contributed by atoms with E-state index in [4.69, 9.17) is 18.6 Å². The number of para-hydroxylation sites is 1. The van der Waals surface area contributed by atoms with E-state index in [-0.39, 0.29) is 21.9 Å². The van der Waals surface area contributed by atoms with E-state index in [1.165, 1.54) is 38.4 Å². The summed E-state index contributed by atoms with van der Waals surface area (Å²) in [5.41, 5.74) is 1.10. The van der Waals surface area contributed by atoms with Crippen LogP contribution in [-0.2, 0) is 0 Å². The summed E-state index contributed by atoms with van der Waals surface area (Å²) >= 11 is 1.14. The van der Waals surface area contributed by atoms with E-state index in [0.29, 0.717) is 44.0 Å². The molecule has 2 aromatic heterocycles. The van der Waals surface area contributed by atoms with Gasteiger partial charge in [-0.2, -0.15) is 0 Å². The number of nitrogens with zero attached hydrogens (tertiary/aromatic N) is 2. The van der Waals surface area contributed by atoms with Crippen LogP contribution in [0.3, 0.4) is 0 Å². The molecule has 0 unspecified atom stereocenters. The Balaban J connectivity index is 1.67. The predicted octanol–water partition coefficient (Wildman–Crippen LogP) is 5.32. The maximum absolute atomic E-state index is 13.9. The minimum atomic E-state index is -0.955. The van der Waals surface area contributed by atoms with Crippen molar-refractivity contribution in [1.29, 1.82) is 0 Å². The van der Waals surface area contributed by atoms with Gasteiger partial charge in [-0.1, -0.05) is 23.5 Å². The van der Waals surface area contributed by atoms with E-state index < -0.39 is 17.8 Å². The van der Waals surface area contributed by atoms with Crippen LogP contribution in [-0.4, -0.2) is 32.2 Å². The van der Waals surface area contributed by atoms with Crippen LogP contribution in [0.1, 0.15) is 27.7 Å². The van der Waals surface area contributed by atoms with Gasteiger partial charge in [0, 0.05) is 11.6 Å². The zero-order chi connectivity index (χ0) is 25.8. The van der Waals surface area contributed by atoms with Crippen molar-refractivity contribution < 1.29 is 27.8 Å². The largest absolute Gasteiger partial charge is 0.496 e. The molecule has 3 aromatic carbocycles. The van der Waals surface area contributed by atoms with Gasteiger partial charge in [-0.3, -0.25) is 14.5 Å². The summed E-state index contributed by atoms with van der Waals surface area (Å²) in [5.74, 6) is 0.124. The fraction of sp³-hybridized carbons (Fsp3) is 0.148. The lowest BCUT2D eigenvalue weighted by atomic mass is 9.97. The fourth-order valence-corrected chi connectivity index (χ4v) is 5.68. The van der Waals surface area contributed by atoms with Gasteiger partial charge in [0.25, 0.3) is 5.91 Å². The van der Waals surface area contributed by atoms with Crippen LogP contribution in [0, 0.1) is 5.82 Å². The number of hydrogen-bond donors (Lipinski definition) is 0. The summed E-state index contributed by atoms with van der Waals surface area (Å²) in [4.78, 5) is 33.7. The molecule has 0 aliphatic carbocycles. The highest BCUT2D eigenvalue weighted by Gasteiger charge is 2.46. The van der Waals surface area contributed by atoms with Crippen LogP contribution in [0.15, 0.2) is 63.8 Å². The lowest BCUT2D eigenvalue weighted by Gasteiger charge is -2.25. The molecule has 37 heavy (non-hydrogen) atoms. The standard InChI is InChI=1S/C27H19FN2O6S/c1-33-18-12-20(35-3)19(34-2)11-15(18)23-22-24(31)14-6-4-5-7-17(14)36-25(22)26(32)30(23)27-29-16-9-8-13(28)10-21(16)37-27/h4-12,23H,1-3H3/t23-/m0/s1. The molecule has 186 valence electrons. The maximum Gasteiger partial charge on any atom is 0.297 e. The first-order valence-electron chi connectivity index (χ1n) is 11.2. The number of halogens is 1. The monoisotopic (exact) mass is 518 g/mol. The number of methoxy groups -OCH3 is 3. The van der Waals surface area contributed by atoms with Crippen LogP contribution in [0.25, 0.3) is 21.2 Å². The van der Waals surface area contributed by atoms with Gasteiger partial charge in [0.05, 0.1) is 42.5 Å². The highest BCUT2D eigenvalue weighted by atomic mass is 32.1. The molecular weight excluding hydrogens is 499 g/mol. The zero-order valence-electron chi connectivity index (χ0n) is 19.9. The lowest BCUT2D eigenvalue weighted by Crippen LogP contribution is -2.29. The molecule has 0 N–H and O–H groups in total. The molecule has 8 nitrogen and oxygen atoms in total. The Morgan fingerprint density at radius 2 is 1.68 bits per heavy atom. The van der Waals surface area contributed by atoms with Gasteiger partial charge in [0.2, 0.25) is 5.76 Å². The highest BCUT2D eigenvalue weighted by Crippen LogP contribution is 2.48. The zero-order valence-corrected chi connectivity index (χ0v) is 20.7. The molecule has 6 rings (SSSR count). The Morgan fingerprint density at radius 1 is 0.946 bits per heavy atom. The third kappa shape index (κ3) is 3.44. The molecule has 3 heterocycles. The van der Waals surface area contributed by atoms with Crippen molar-refractivity contribution in [3.63, 3.8) is 0 Å². The van der Waals surface area contributed by atoms with Gasteiger partial charge >= 0.3 is 0 Å². The number of rotatable bonds is 5. The molecule has 1 aliphatic heterocycles. The lowest BCUT2D eigenvalue weighted by molar-refractivity contribution is 0.0971. The molecule has 0 fully saturated rings. The molecule has 1 aliphatic rings. The Kier molecular flexibility index (Phi) is 5.34. The van der Waals surface area contributed by atoms with Crippen LogP contribution >= 0.6 is 11.3 Å². The smallest absolute Gasteiger partial charge is 0.297 e. The number of benzene rings is 3. The van der Waals surface area contributed by atoms with Gasteiger partial charge < -0.3 is 18.6 Å². The maximum atomic E-state index is 13.9. The Hall–Kier alpha value is -4.44. The molecule has 1 amide bonds. The van der Waals surface area contributed by atoms with Crippen LogP contribution in [0.2, 0.25) is 0 Å². The second-order valence-corrected chi connectivity index (χ2v) is 9.31. The van der Waals surface area contributed by atoms with Gasteiger partial charge in [0.1, 0.15) is 23.2 Å². The number of thiazole rings is 1. The van der Waals surface area contributed by atoms with E-state index >= 15 is 0 Å². The third-order valence-electron chi connectivity index (χ3n) is 6.35. The van der Waals surface area contributed by atoms with Crippen molar-refractivity contribution in [2.24, 2.45) is 0 Å². The molecule has 0 radical (unpaired) electrons. The van der Waals surface area contributed by atoms with Crippen LogP contribution in [0.4, 0.5) is 9.52 Å². The summed E-state index contributed by atoms with van der Waals surface area (Å²) < 4.78 is 37.1. The predicted molar refractivity (Wildman–Crippen MR) is 137 cm³/mol. The van der Waals surface area contributed by atoms with Gasteiger partial charge in [-0.15, -0.1) is 0 Å². The summed E-state index contributed by atoms with van der Waals surface area (Å²) in [7, 11) is 4.47. The molecule has 0 saturated carbocycles. The third-order valence-corrected chi connectivity index (χ3v) is 7.37. The number of anilines is 1. The SMILES string of the molecule is COc1cc(OC)c([C@H]2c3c(oc4ccccc4c3=O)C(=O)N2c2nc3ccc(F)cc3s2)cc1OC. The number of carbonyl (C=O) groups is 1. The van der Waals surface area contributed by atoms with E-state index in [2.05, 4.69) is 4.98 Å². The fourth-order valence-electron chi connectivity index (χ4n) is 4.67. The number of amides is 1. The number of hydrogen-bond acceptors (Lipinski definition) is 8.